The van der Waals surface area contributed by atoms with Crippen LogP contribution in [0.2, 0.25) is 0 Å². The van der Waals surface area contributed by atoms with E-state index in [4.69, 9.17) is 10.5 Å². The van der Waals surface area contributed by atoms with Gasteiger partial charge in [-0.25, -0.2) is 4.79 Å². The van der Waals surface area contributed by atoms with Crippen molar-refractivity contribution < 1.29 is 9.53 Å². The second-order valence-corrected chi connectivity index (χ2v) is 3.03. The van der Waals surface area contributed by atoms with Crippen LogP contribution in [-0.4, -0.2) is 12.6 Å². The monoisotopic (exact) mass is 205 g/mol. The van der Waals surface area contributed by atoms with Crippen molar-refractivity contribution in [3.05, 3.63) is 41.5 Å². The largest absolute Gasteiger partial charge is 0.463 e. The lowest BCUT2D eigenvalue weighted by Crippen LogP contribution is -1.99. The van der Waals surface area contributed by atoms with Gasteiger partial charge in [-0.1, -0.05) is 24.3 Å². The highest BCUT2D eigenvalue weighted by molar-refractivity contribution is 5.87. The van der Waals surface area contributed by atoms with Gasteiger partial charge < -0.3 is 10.5 Å². The fourth-order valence-electron chi connectivity index (χ4n) is 1.18. The van der Waals surface area contributed by atoms with Crippen LogP contribution in [0.4, 0.5) is 0 Å². The van der Waals surface area contributed by atoms with E-state index in [0.29, 0.717) is 13.2 Å². The van der Waals surface area contributed by atoms with Gasteiger partial charge in [0.05, 0.1) is 6.61 Å². The number of hydrogen-bond donors (Lipinski definition) is 1. The van der Waals surface area contributed by atoms with Crippen LogP contribution in [0.3, 0.4) is 0 Å². The van der Waals surface area contributed by atoms with Crippen molar-refractivity contribution in [2.45, 2.75) is 13.5 Å². The Kier molecular flexibility index (Phi) is 4.57. The number of rotatable bonds is 4. The normalized spacial score (nSPS) is 10.5. The first-order valence-corrected chi connectivity index (χ1v) is 4.90. The molecule has 0 spiro atoms. The van der Waals surface area contributed by atoms with E-state index in [1.807, 2.05) is 24.3 Å². The van der Waals surface area contributed by atoms with Gasteiger partial charge in [-0.05, 0) is 24.1 Å². The van der Waals surface area contributed by atoms with E-state index in [-0.39, 0.29) is 5.97 Å². The Morgan fingerprint density at radius 3 is 3.00 bits per heavy atom. The van der Waals surface area contributed by atoms with E-state index in [9.17, 15) is 4.79 Å². The predicted octanol–water partition coefficient (Wildman–Crippen LogP) is 1.72. The van der Waals surface area contributed by atoms with E-state index in [1.54, 1.807) is 13.0 Å². The highest BCUT2D eigenvalue weighted by Gasteiger charge is 1.94. The molecule has 1 aromatic rings. The van der Waals surface area contributed by atoms with Crippen LogP contribution in [0.15, 0.2) is 30.3 Å². The Hall–Kier alpha value is -1.61. The molecule has 0 saturated heterocycles. The van der Waals surface area contributed by atoms with Crippen LogP contribution in [0.5, 0.6) is 0 Å². The summed E-state index contributed by atoms with van der Waals surface area (Å²) in [6.45, 7) is 2.67. The fraction of sp³-hybridized carbons (Fsp3) is 0.250. The summed E-state index contributed by atoms with van der Waals surface area (Å²) in [6.07, 6.45) is 3.14. The van der Waals surface area contributed by atoms with E-state index in [0.717, 1.165) is 11.1 Å². The Morgan fingerprint density at radius 1 is 1.53 bits per heavy atom. The van der Waals surface area contributed by atoms with E-state index in [1.165, 1.54) is 6.08 Å². The Labute approximate surface area is 89.5 Å². The van der Waals surface area contributed by atoms with Gasteiger partial charge in [0.25, 0.3) is 0 Å². The maximum Gasteiger partial charge on any atom is 0.330 e. The lowest BCUT2D eigenvalue weighted by Gasteiger charge is -1.98. The molecular formula is C12H15NO2. The molecule has 1 aromatic carbocycles. The molecule has 3 nitrogen and oxygen atoms in total. The third-order valence-corrected chi connectivity index (χ3v) is 1.89. The average Bonchev–Trinajstić information content (AvgIpc) is 2.27. The first-order chi connectivity index (χ1) is 7.26. The summed E-state index contributed by atoms with van der Waals surface area (Å²) >= 11 is 0. The Morgan fingerprint density at radius 2 is 2.33 bits per heavy atom. The number of nitrogens with two attached hydrogens (primary N) is 1. The van der Waals surface area contributed by atoms with Crippen molar-refractivity contribution in [2.24, 2.45) is 5.73 Å². The van der Waals surface area contributed by atoms with Crippen molar-refractivity contribution in [3.8, 4) is 0 Å². The first-order valence-electron chi connectivity index (χ1n) is 4.90. The molecule has 3 heteroatoms. The van der Waals surface area contributed by atoms with Gasteiger partial charge >= 0.3 is 5.97 Å². The number of benzene rings is 1. The molecule has 2 N–H and O–H groups in total. The second-order valence-electron chi connectivity index (χ2n) is 3.03. The zero-order valence-electron chi connectivity index (χ0n) is 8.77. The van der Waals surface area contributed by atoms with Gasteiger partial charge in [-0.2, -0.15) is 0 Å². The van der Waals surface area contributed by atoms with Crippen molar-refractivity contribution in [1.82, 2.24) is 0 Å². The molecule has 0 aliphatic rings. The van der Waals surface area contributed by atoms with Gasteiger partial charge in [0, 0.05) is 12.6 Å². The molecule has 15 heavy (non-hydrogen) atoms. The summed E-state index contributed by atoms with van der Waals surface area (Å²) < 4.78 is 4.77. The summed E-state index contributed by atoms with van der Waals surface area (Å²) in [6, 6.07) is 7.71. The molecule has 1 rings (SSSR count). The molecule has 0 amide bonds. The van der Waals surface area contributed by atoms with Gasteiger partial charge in [-0.15, -0.1) is 0 Å². The van der Waals surface area contributed by atoms with Crippen molar-refractivity contribution in [1.29, 1.82) is 0 Å². The minimum absolute atomic E-state index is 0.323. The first kappa shape index (κ1) is 11.5. The van der Waals surface area contributed by atoms with Crippen molar-refractivity contribution >= 4 is 12.0 Å². The van der Waals surface area contributed by atoms with Crippen molar-refractivity contribution in [2.75, 3.05) is 6.61 Å². The van der Waals surface area contributed by atoms with Crippen LogP contribution in [-0.2, 0) is 16.1 Å². The van der Waals surface area contributed by atoms with Gasteiger partial charge in [0.1, 0.15) is 0 Å². The maximum absolute atomic E-state index is 11.0. The predicted molar refractivity (Wildman–Crippen MR) is 60.0 cm³/mol. The minimum atomic E-state index is -0.323. The highest BCUT2D eigenvalue weighted by Crippen LogP contribution is 2.06. The molecule has 0 aliphatic heterocycles. The zero-order valence-corrected chi connectivity index (χ0v) is 8.77. The van der Waals surface area contributed by atoms with Crippen LogP contribution in [0, 0.1) is 0 Å². The molecule has 0 bridgehead atoms. The van der Waals surface area contributed by atoms with Crippen molar-refractivity contribution in [3.63, 3.8) is 0 Å². The van der Waals surface area contributed by atoms with Gasteiger partial charge in [0.2, 0.25) is 0 Å². The molecule has 0 saturated carbocycles. The lowest BCUT2D eigenvalue weighted by molar-refractivity contribution is -0.137. The smallest absolute Gasteiger partial charge is 0.330 e. The zero-order chi connectivity index (χ0) is 11.1. The molecule has 0 fully saturated rings. The van der Waals surface area contributed by atoms with Crippen LogP contribution in [0.25, 0.3) is 6.08 Å². The Bertz CT molecular complexity index is 358. The molecule has 80 valence electrons. The molecule has 0 radical (unpaired) electrons. The van der Waals surface area contributed by atoms with E-state index in [2.05, 4.69) is 0 Å². The number of esters is 1. The standard InChI is InChI=1S/C12H15NO2/c1-2-15-12(14)7-6-10-4-3-5-11(8-10)9-13/h3-8H,2,9,13H2,1H3/b7-6+. The quantitative estimate of drug-likeness (QED) is 0.601. The summed E-state index contributed by atoms with van der Waals surface area (Å²) in [5.41, 5.74) is 7.50. The summed E-state index contributed by atoms with van der Waals surface area (Å²) in [4.78, 5) is 11.0. The highest BCUT2D eigenvalue weighted by atomic mass is 16.5. The number of hydrogen-bond acceptors (Lipinski definition) is 3. The molecule has 0 atom stereocenters. The molecule has 0 unspecified atom stereocenters. The average molecular weight is 205 g/mol. The van der Waals surface area contributed by atoms with Crippen LogP contribution >= 0.6 is 0 Å². The third kappa shape index (κ3) is 3.95. The minimum Gasteiger partial charge on any atom is -0.463 e. The summed E-state index contributed by atoms with van der Waals surface area (Å²) in [5.74, 6) is -0.323. The molecular weight excluding hydrogens is 190 g/mol. The number of carbonyl (C=O) groups is 1. The molecule has 0 aliphatic carbocycles. The summed E-state index contributed by atoms with van der Waals surface area (Å²) in [7, 11) is 0. The lowest BCUT2D eigenvalue weighted by atomic mass is 10.1. The van der Waals surface area contributed by atoms with Gasteiger partial charge in [0.15, 0.2) is 0 Å². The van der Waals surface area contributed by atoms with Gasteiger partial charge in [-0.3, -0.25) is 0 Å². The third-order valence-electron chi connectivity index (χ3n) is 1.89. The molecule has 0 aromatic heterocycles. The van der Waals surface area contributed by atoms with E-state index < -0.39 is 0 Å². The molecule has 0 heterocycles. The maximum atomic E-state index is 11.0. The van der Waals surface area contributed by atoms with Crippen LogP contribution < -0.4 is 5.73 Å². The summed E-state index contributed by atoms with van der Waals surface area (Å²) in [5, 5.41) is 0. The van der Waals surface area contributed by atoms with Crippen LogP contribution in [0.1, 0.15) is 18.1 Å². The SMILES string of the molecule is CCOC(=O)/C=C/c1cccc(CN)c1. The Balaban J connectivity index is 2.67. The number of carbonyl (C=O) groups excluding carboxylic acids is 1. The second kappa shape index (κ2) is 5.98. The fourth-order valence-corrected chi connectivity index (χ4v) is 1.18. The van der Waals surface area contributed by atoms with E-state index >= 15 is 0 Å². The topological polar surface area (TPSA) is 52.3 Å². The number of ether oxygens (including phenoxy) is 1.